The lowest BCUT2D eigenvalue weighted by Gasteiger charge is -2.03. The molecule has 0 heterocycles. The quantitative estimate of drug-likeness (QED) is 0.525. The van der Waals surface area contributed by atoms with Crippen molar-refractivity contribution in [1.82, 2.24) is 4.90 Å². The number of carbonyl (C=O) groups is 1. The van der Waals surface area contributed by atoms with E-state index in [-0.39, 0.29) is 5.91 Å². The third-order valence-corrected chi connectivity index (χ3v) is 1.78. The summed E-state index contributed by atoms with van der Waals surface area (Å²) >= 11 is 0. The number of rotatable bonds is 2. The van der Waals surface area contributed by atoms with E-state index >= 15 is 0 Å². The van der Waals surface area contributed by atoms with Crippen molar-refractivity contribution < 1.29 is 4.79 Å². The number of hydrogen-bond donors (Lipinski definition) is 0. The van der Waals surface area contributed by atoms with Gasteiger partial charge >= 0.3 is 0 Å². The molecule has 0 bridgehead atoms. The maximum absolute atomic E-state index is 11.5. The molecule has 0 aliphatic heterocycles. The van der Waals surface area contributed by atoms with Gasteiger partial charge in [-0.2, -0.15) is 4.99 Å². The number of aryl methyl sites for hydroxylation is 1. The number of aliphatic imine (C=N–C) groups is 1. The lowest BCUT2D eigenvalue weighted by Crippen LogP contribution is -2.10. The van der Waals surface area contributed by atoms with Gasteiger partial charge in [-0.05, 0) is 18.6 Å². The predicted molar refractivity (Wildman–Crippen MR) is 57.7 cm³/mol. The highest BCUT2D eigenvalue weighted by molar-refractivity contribution is 5.99. The fraction of sp³-hybridized carbons (Fsp3) is 0.273. The van der Waals surface area contributed by atoms with Crippen LogP contribution in [-0.4, -0.2) is 31.2 Å². The van der Waals surface area contributed by atoms with Gasteiger partial charge in [0.15, 0.2) is 0 Å². The van der Waals surface area contributed by atoms with E-state index in [2.05, 4.69) is 4.99 Å². The second-order valence-corrected chi connectivity index (χ2v) is 3.33. The SMILES string of the molecule is Cc1ccccc1C(=O)N=CN(C)C. The smallest absolute Gasteiger partial charge is 0.278 e. The van der Waals surface area contributed by atoms with Crippen LogP contribution in [0.25, 0.3) is 0 Å². The molecule has 0 aliphatic carbocycles. The maximum atomic E-state index is 11.5. The average Bonchev–Trinajstić information content (AvgIpc) is 2.15. The van der Waals surface area contributed by atoms with Crippen LogP contribution in [-0.2, 0) is 0 Å². The first-order valence-corrected chi connectivity index (χ1v) is 4.42. The first-order valence-electron chi connectivity index (χ1n) is 4.42. The normalized spacial score (nSPS) is 10.5. The average molecular weight is 190 g/mol. The van der Waals surface area contributed by atoms with Gasteiger partial charge in [0.1, 0.15) is 0 Å². The van der Waals surface area contributed by atoms with Gasteiger partial charge in [0.05, 0.1) is 6.34 Å². The van der Waals surface area contributed by atoms with Crippen LogP contribution >= 0.6 is 0 Å². The third-order valence-electron chi connectivity index (χ3n) is 1.78. The summed E-state index contributed by atoms with van der Waals surface area (Å²) in [7, 11) is 3.66. The van der Waals surface area contributed by atoms with Crippen LogP contribution in [0.15, 0.2) is 29.3 Å². The summed E-state index contributed by atoms with van der Waals surface area (Å²) in [4.78, 5) is 17.1. The molecular formula is C11H14N2O. The molecule has 1 aromatic rings. The fourth-order valence-corrected chi connectivity index (χ4v) is 1.05. The van der Waals surface area contributed by atoms with E-state index < -0.39 is 0 Å². The number of hydrogen-bond acceptors (Lipinski definition) is 1. The van der Waals surface area contributed by atoms with E-state index in [0.717, 1.165) is 5.56 Å². The molecule has 0 unspecified atom stereocenters. The lowest BCUT2D eigenvalue weighted by atomic mass is 10.1. The van der Waals surface area contributed by atoms with Crippen LogP contribution < -0.4 is 0 Å². The van der Waals surface area contributed by atoms with Crippen molar-refractivity contribution in [3.63, 3.8) is 0 Å². The molecule has 0 N–H and O–H groups in total. The molecule has 74 valence electrons. The van der Waals surface area contributed by atoms with Crippen molar-refractivity contribution in [2.75, 3.05) is 14.1 Å². The first kappa shape index (κ1) is 10.4. The summed E-state index contributed by atoms with van der Waals surface area (Å²) in [6.45, 7) is 1.90. The molecular weight excluding hydrogens is 176 g/mol. The minimum atomic E-state index is -0.197. The van der Waals surface area contributed by atoms with Crippen LogP contribution in [0.5, 0.6) is 0 Å². The van der Waals surface area contributed by atoms with Gasteiger partial charge in [-0.25, -0.2) is 0 Å². The molecule has 0 atom stereocenters. The standard InChI is InChI=1S/C11H14N2O/c1-9-6-4-5-7-10(9)11(14)12-8-13(2)3/h4-8H,1-3H3. The highest BCUT2D eigenvalue weighted by Gasteiger charge is 2.04. The van der Waals surface area contributed by atoms with Gasteiger partial charge in [0.25, 0.3) is 5.91 Å². The van der Waals surface area contributed by atoms with Crippen molar-refractivity contribution in [1.29, 1.82) is 0 Å². The molecule has 14 heavy (non-hydrogen) atoms. The van der Waals surface area contributed by atoms with E-state index in [9.17, 15) is 4.79 Å². The number of carbonyl (C=O) groups excluding carboxylic acids is 1. The van der Waals surface area contributed by atoms with Gasteiger partial charge in [-0.3, -0.25) is 4.79 Å². The minimum Gasteiger partial charge on any atom is -0.369 e. The predicted octanol–water partition coefficient (Wildman–Crippen LogP) is 1.73. The van der Waals surface area contributed by atoms with Crippen molar-refractivity contribution in [2.24, 2.45) is 4.99 Å². The highest BCUT2D eigenvalue weighted by Crippen LogP contribution is 2.07. The Morgan fingerprint density at radius 1 is 1.36 bits per heavy atom. The van der Waals surface area contributed by atoms with Crippen molar-refractivity contribution in [2.45, 2.75) is 6.92 Å². The van der Waals surface area contributed by atoms with Gasteiger partial charge in [0, 0.05) is 19.7 Å². The summed E-state index contributed by atoms with van der Waals surface area (Å²) in [6, 6.07) is 7.43. The number of nitrogens with zero attached hydrogens (tertiary/aromatic N) is 2. The Kier molecular flexibility index (Phi) is 3.40. The topological polar surface area (TPSA) is 32.7 Å². The molecule has 1 amide bonds. The summed E-state index contributed by atoms with van der Waals surface area (Å²) in [6.07, 6.45) is 1.51. The molecule has 0 aliphatic rings. The van der Waals surface area contributed by atoms with Crippen molar-refractivity contribution in [3.8, 4) is 0 Å². The van der Waals surface area contributed by atoms with Crippen molar-refractivity contribution in [3.05, 3.63) is 35.4 Å². The number of amides is 1. The number of benzene rings is 1. The van der Waals surface area contributed by atoms with E-state index in [0.29, 0.717) is 5.56 Å². The van der Waals surface area contributed by atoms with Crippen molar-refractivity contribution >= 4 is 12.2 Å². The Labute approximate surface area is 84.1 Å². The zero-order valence-corrected chi connectivity index (χ0v) is 8.69. The molecule has 1 rings (SSSR count). The second-order valence-electron chi connectivity index (χ2n) is 3.33. The monoisotopic (exact) mass is 190 g/mol. The fourth-order valence-electron chi connectivity index (χ4n) is 1.05. The Bertz CT molecular complexity index is 356. The van der Waals surface area contributed by atoms with Crippen LogP contribution in [0.1, 0.15) is 15.9 Å². The molecule has 0 saturated carbocycles. The van der Waals surface area contributed by atoms with Crippen LogP contribution in [0.2, 0.25) is 0 Å². The van der Waals surface area contributed by atoms with Gasteiger partial charge in [-0.15, -0.1) is 0 Å². The van der Waals surface area contributed by atoms with E-state index in [1.54, 1.807) is 11.0 Å². The van der Waals surface area contributed by atoms with Gasteiger partial charge in [-0.1, -0.05) is 18.2 Å². The van der Waals surface area contributed by atoms with Crippen LogP contribution in [0, 0.1) is 6.92 Å². The van der Waals surface area contributed by atoms with E-state index in [1.165, 1.54) is 6.34 Å². The largest absolute Gasteiger partial charge is 0.369 e. The lowest BCUT2D eigenvalue weighted by molar-refractivity contribution is 0.100. The molecule has 0 fully saturated rings. The molecule has 3 heteroatoms. The second kappa shape index (κ2) is 4.56. The Morgan fingerprint density at radius 2 is 2.00 bits per heavy atom. The molecule has 3 nitrogen and oxygen atoms in total. The zero-order valence-electron chi connectivity index (χ0n) is 8.69. The van der Waals surface area contributed by atoms with Gasteiger partial charge < -0.3 is 4.90 Å². The highest BCUT2D eigenvalue weighted by atomic mass is 16.1. The molecule has 0 aromatic heterocycles. The molecule has 0 saturated heterocycles. The third kappa shape index (κ3) is 2.69. The Hall–Kier alpha value is -1.64. The van der Waals surface area contributed by atoms with Crippen LogP contribution in [0.4, 0.5) is 0 Å². The summed E-state index contributed by atoms with van der Waals surface area (Å²) in [5, 5.41) is 0. The summed E-state index contributed by atoms with van der Waals surface area (Å²) < 4.78 is 0. The summed E-state index contributed by atoms with van der Waals surface area (Å²) in [5.74, 6) is -0.197. The van der Waals surface area contributed by atoms with E-state index in [4.69, 9.17) is 0 Å². The maximum Gasteiger partial charge on any atom is 0.278 e. The Balaban J connectivity index is 2.85. The summed E-state index contributed by atoms with van der Waals surface area (Å²) in [5.41, 5.74) is 1.61. The zero-order chi connectivity index (χ0) is 10.6. The first-order chi connectivity index (χ1) is 6.61. The molecule has 1 aromatic carbocycles. The molecule has 0 spiro atoms. The van der Waals surface area contributed by atoms with E-state index in [1.807, 2.05) is 39.2 Å². The minimum absolute atomic E-state index is 0.197. The van der Waals surface area contributed by atoms with Crippen LogP contribution in [0.3, 0.4) is 0 Å². The van der Waals surface area contributed by atoms with Gasteiger partial charge in [0.2, 0.25) is 0 Å². The Morgan fingerprint density at radius 3 is 2.57 bits per heavy atom. The molecule has 0 radical (unpaired) electrons.